The second-order valence-electron chi connectivity index (χ2n) is 14.3. The van der Waals surface area contributed by atoms with Crippen molar-refractivity contribution in [1.29, 1.82) is 0 Å². The number of nitrogens with one attached hydrogen (secondary N) is 3. The van der Waals surface area contributed by atoms with Gasteiger partial charge in [-0.3, -0.25) is 14.4 Å². The van der Waals surface area contributed by atoms with Gasteiger partial charge in [-0.2, -0.15) is 0 Å². The lowest BCUT2D eigenvalue weighted by atomic mass is 9.79. The number of rotatable bonds is 17. The van der Waals surface area contributed by atoms with E-state index in [4.69, 9.17) is 22.7 Å². The van der Waals surface area contributed by atoms with Crippen molar-refractivity contribution in [2.45, 2.75) is 111 Å². The van der Waals surface area contributed by atoms with Gasteiger partial charge in [0.05, 0.1) is 4.99 Å². The van der Waals surface area contributed by atoms with Crippen molar-refractivity contribution in [3.63, 3.8) is 0 Å². The van der Waals surface area contributed by atoms with Gasteiger partial charge in [0.1, 0.15) is 17.8 Å². The predicted molar refractivity (Wildman–Crippen MR) is 190 cm³/mol. The number of hydrogen-bond acceptors (Lipinski definition) is 7. The maximum atomic E-state index is 13.8. The number of hydrogen-bond donors (Lipinski definition) is 4. The highest BCUT2D eigenvalue weighted by Crippen LogP contribution is 2.28. The standard InChI is InChI=1S/C35H58N6O5S/c1-9-11-12-13-28(42)37-27(22-25-14-16-26(17-15-25)46-33(45)41-20-18-40(8)19-21-41)30(43)38-29(24(3)10-2)31(44)39-35(6,7)23-34(4,5)32(36)47/h14-17,24,27,29H,9-13,18-23H2,1-8H3,(H2,36,47)(H,37,42)(H,38,43)(H,39,44). The fraction of sp³-hybridized carbons (Fsp3) is 0.686. The van der Waals surface area contributed by atoms with Gasteiger partial charge in [0.2, 0.25) is 17.7 Å². The molecule has 0 saturated carbocycles. The molecule has 264 valence electrons. The van der Waals surface area contributed by atoms with E-state index < -0.39 is 35.0 Å². The molecule has 1 saturated heterocycles. The van der Waals surface area contributed by atoms with Gasteiger partial charge in [-0.05, 0) is 57.4 Å². The number of nitrogens with two attached hydrogens (primary N) is 1. The van der Waals surface area contributed by atoms with Crippen molar-refractivity contribution >= 4 is 41.0 Å². The highest BCUT2D eigenvalue weighted by molar-refractivity contribution is 7.80. The number of amides is 4. The molecule has 11 nitrogen and oxygen atoms in total. The van der Waals surface area contributed by atoms with Crippen LogP contribution in [0.3, 0.4) is 0 Å². The van der Waals surface area contributed by atoms with Crippen LogP contribution in [0.15, 0.2) is 24.3 Å². The van der Waals surface area contributed by atoms with Gasteiger partial charge in [-0.15, -0.1) is 0 Å². The fourth-order valence-corrected chi connectivity index (χ4v) is 5.77. The van der Waals surface area contributed by atoms with Gasteiger partial charge in [0, 0.05) is 50.0 Å². The Morgan fingerprint density at radius 2 is 1.57 bits per heavy atom. The molecule has 12 heteroatoms. The number of thiocarbonyl (C=S) groups is 1. The maximum absolute atomic E-state index is 13.8. The molecule has 2 rings (SSSR count). The summed E-state index contributed by atoms with van der Waals surface area (Å²) in [5.41, 5.74) is 5.58. The molecule has 5 N–H and O–H groups in total. The lowest BCUT2D eigenvalue weighted by molar-refractivity contribution is -0.133. The van der Waals surface area contributed by atoms with Gasteiger partial charge in [0.15, 0.2) is 0 Å². The quantitative estimate of drug-likeness (QED) is 0.142. The van der Waals surface area contributed by atoms with Crippen molar-refractivity contribution < 1.29 is 23.9 Å². The largest absolute Gasteiger partial charge is 0.415 e. The fourth-order valence-electron chi connectivity index (χ4n) is 5.70. The van der Waals surface area contributed by atoms with Crippen LogP contribution < -0.4 is 26.4 Å². The summed E-state index contributed by atoms with van der Waals surface area (Å²) in [7, 11) is 2.02. The summed E-state index contributed by atoms with van der Waals surface area (Å²) < 4.78 is 5.58. The molecule has 1 aliphatic heterocycles. The van der Waals surface area contributed by atoms with E-state index in [1.807, 2.05) is 48.6 Å². The highest BCUT2D eigenvalue weighted by atomic mass is 32.1. The Balaban J connectivity index is 2.20. The molecular weight excluding hydrogens is 616 g/mol. The minimum absolute atomic E-state index is 0.173. The molecule has 1 fully saturated rings. The van der Waals surface area contributed by atoms with Crippen molar-refractivity contribution in [2.75, 3.05) is 33.2 Å². The number of carbonyl (C=O) groups excluding carboxylic acids is 4. The summed E-state index contributed by atoms with van der Waals surface area (Å²) in [6.07, 6.45) is 3.88. The molecule has 0 radical (unpaired) electrons. The van der Waals surface area contributed by atoms with Crippen LogP contribution in [0.4, 0.5) is 4.79 Å². The molecule has 1 aromatic rings. The molecule has 47 heavy (non-hydrogen) atoms. The molecule has 3 atom stereocenters. The van der Waals surface area contributed by atoms with Crippen molar-refractivity contribution in [3.05, 3.63) is 29.8 Å². The maximum Gasteiger partial charge on any atom is 0.415 e. The Morgan fingerprint density at radius 3 is 2.13 bits per heavy atom. The molecule has 4 amide bonds. The van der Waals surface area contributed by atoms with E-state index in [-0.39, 0.29) is 24.2 Å². The summed E-state index contributed by atoms with van der Waals surface area (Å²) in [4.78, 5) is 57.2. The van der Waals surface area contributed by atoms with E-state index in [9.17, 15) is 19.2 Å². The number of likely N-dealkylation sites (N-methyl/N-ethyl adjacent to an activating group) is 1. The molecule has 0 spiro atoms. The first-order chi connectivity index (χ1) is 22.0. The van der Waals surface area contributed by atoms with Crippen LogP contribution in [0.25, 0.3) is 0 Å². The minimum atomic E-state index is -0.913. The monoisotopic (exact) mass is 674 g/mol. The molecule has 0 bridgehead atoms. The zero-order valence-corrected chi connectivity index (χ0v) is 30.6. The van der Waals surface area contributed by atoms with Gasteiger partial charge in [0.25, 0.3) is 0 Å². The lowest BCUT2D eigenvalue weighted by Gasteiger charge is -2.37. The van der Waals surface area contributed by atoms with Crippen LogP contribution in [0.1, 0.15) is 92.6 Å². The zero-order chi connectivity index (χ0) is 35.4. The Labute approximate surface area is 287 Å². The van der Waals surface area contributed by atoms with Crippen LogP contribution in [-0.4, -0.2) is 89.5 Å². The van der Waals surface area contributed by atoms with E-state index in [1.54, 1.807) is 29.2 Å². The van der Waals surface area contributed by atoms with Crippen molar-refractivity contribution in [2.24, 2.45) is 17.1 Å². The Bertz CT molecular complexity index is 1210. The minimum Gasteiger partial charge on any atom is -0.410 e. The molecule has 1 aliphatic rings. The average molecular weight is 675 g/mol. The van der Waals surface area contributed by atoms with E-state index in [0.29, 0.717) is 43.1 Å². The first-order valence-corrected chi connectivity index (χ1v) is 17.3. The van der Waals surface area contributed by atoms with Crippen LogP contribution in [0, 0.1) is 11.3 Å². The summed E-state index contributed by atoms with van der Waals surface area (Å²) in [5.74, 6) is -0.746. The normalized spacial score (nSPS) is 16.0. The Kier molecular flexibility index (Phi) is 15.6. The van der Waals surface area contributed by atoms with Gasteiger partial charge in [-0.25, -0.2) is 4.79 Å². The Morgan fingerprint density at radius 1 is 0.957 bits per heavy atom. The van der Waals surface area contributed by atoms with Crippen LogP contribution in [0.5, 0.6) is 5.75 Å². The summed E-state index contributed by atoms with van der Waals surface area (Å²) in [6, 6.07) is 5.20. The van der Waals surface area contributed by atoms with E-state index in [2.05, 4.69) is 27.8 Å². The summed E-state index contributed by atoms with van der Waals surface area (Å²) in [5, 5.41) is 8.95. The third kappa shape index (κ3) is 13.4. The van der Waals surface area contributed by atoms with Gasteiger partial charge >= 0.3 is 6.09 Å². The number of unbranched alkanes of at least 4 members (excludes halogenated alkanes) is 2. The van der Waals surface area contributed by atoms with E-state index in [1.165, 1.54) is 0 Å². The molecule has 0 aromatic heterocycles. The van der Waals surface area contributed by atoms with Crippen LogP contribution >= 0.6 is 12.2 Å². The number of piperazine rings is 1. The predicted octanol–water partition coefficient (Wildman–Crippen LogP) is 4.17. The van der Waals surface area contributed by atoms with Crippen molar-refractivity contribution in [1.82, 2.24) is 25.8 Å². The van der Waals surface area contributed by atoms with Crippen LogP contribution in [0.2, 0.25) is 0 Å². The second-order valence-corrected chi connectivity index (χ2v) is 14.7. The Hall–Kier alpha value is -3.25. The molecule has 3 unspecified atom stereocenters. The molecule has 1 heterocycles. The number of benzene rings is 1. The first kappa shape index (κ1) is 39.9. The average Bonchev–Trinajstić information content (AvgIpc) is 2.99. The lowest BCUT2D eigenvalue weighted by Crippen LogP contribution is -2.59. The number of ether oxygens (including phenoxy) is 1. The van der Waals surface area contributed by atoms with E-state index in [0.717, 1.165) is 37.9 Å². The SMILES string of the molecule is CCCCCC(=O)NC(Cc1ccc(OC(=O)N2CCN(C)CC2)cc1)C(=O)NC(C(=O)NC(C)(C)CC(C)(C)C(N)=S)C(C)CC. The molecule has 1 aromatic carbocycles. The highest BCUT2D eigenvalue weighted by Gasteiger charge is 2.36. The molecular formula is C35H58N6O5S. The number of carbonyl (C=O) groups is 4. The zero-order valence-electron chi connectivity index (χ0n) is 29.7. The third-order valence-corrected chi connectivity index (χ3v) is 9.35. The smallest absolute Gasteiger partial charge is 0.410 e. The number of nitrogens with zero attached hydrogens (tertiary/aromatic N) is 2. The van der Waals surface area contributed by atoms with Crippen LogP contribution in [-0.2, 0) is 20.8 Å². The van der Waals surface area contributed by atoms with Crippen molar-refractivity contribution in [3.8, 4) is 5.75 Å². The first-order valence-electron chi connectivity index (χ1n) is 16.9. The van der Waals surface area contributed by atoms with Gasteiger partial charge < -0.3 is 36.2 Å². The summed E-state index contributed by atoms with van der Waals surface area (Å²) >= 11 is 5.24. The second kappa shape index (κ2) is 18.3. The van der Waals surface area contributed by atoms with Gasteiger partial charge in [-0.1, -0.05) is 78.2 Å². The summed E-state index contributed by atoms with van der Waals surface area (Å²) in [6.45, 7) is 16.4. The third-order valence-electron chi connectivity index (χ3n) is 8.79. The van der Waals surface area contributed by atoms with E-state index >= 15 is 0 Å². The molecule has 0 aliphatic carbocycles. The topological polar surface area (TPSA) is 146 Å².